The fraction of sp³-hybridized carbons (Fsp3) is 0.167. The molecule has 1 aromatic heterocycles. The van der Waals surface area contributed by atoms with Crippen molar-refractivity contribution < 1.29 is 13.7 Å². The second-order valence-corrected chi connectivity index (χ2v) is 5.39. The Labute approximate surface area is 138 Å². The lowest BCUT2D eigenvalue weighted by Gasteiger charge is -2.06. The average Bonchev–Trinajstić information content (AvgIpc) is 3.04. The number of halogens is 1. The number of hydrogen-bond acceptors (Lipinski definition) is 4. The van der Waals surface area contributed by atoms with Gasteiger partial charge in [-0.05, 0) is 30.7 Å². The fourth-order valence-corrected chi connectivity index (χ4v) is 2.25. The van der Waals surface area contributed by atoms with Crippen molar-refractivity contribution >= 4 is 11.6 Å². The fourth-order valence-electron chi connectivity index (χ4n) is 2.25. The van der Waals surface area contributed by atoms with Crippen molar-refractivity contribution in [3.05, 3.63) is 65.8 Å². The van der Waals surface area contributed by atoms with Crippen LogP contribution in [0.15, 0.2) is 53.1 Å². The van der Waals surface area contributed by atoms with Crippen molar-refractivity contribution in [2.45, 2.75) is 19.8 Å². The third-order valence-corrected chi connectivity index (χ3v) is 3.54. The van der Waals surface area contributed by atoms with Crippen LogP contribution in [0.1, 0.15) is 17.9 Å². The van der Waals surface area contributed by atoms with Gasteiger partial charge < -0.3 is 9.84 Å². The molecule has 1 N–H and O–H groups in total. The molecule has 1 amide bonds. The largest absolute Gasteiger partial charge is 0.339 e. The number of nitrogens with one attached hydrogen (secondary N) is 1. The van der Waals surface area contributed by atoms with Gasteiger partial charge in [0.15, 0.2) is 0 Å². The lowest BCUT2D eigenvalue weighted by Crippen LogP contribution is -2.13. The zero-order chi connectivity index (χ0) is 16.9. The van der Waals surface area contributed by atoms with Gasteiger partial charge >= 0.3 is 0 Å². The normalized spacial score (nSPS) is 10.6. The summed E-state index contributed by atoms with van der Waals surface area (Å²) in [4.78, 5) is 16.2. The summed E-state index contributed by atoms with van der Waals surface area (Å²) in [5, 5.41) is 6.67. The molecule has 0 saturated heterocycles. The molecule has 0 aliphatic rings. The van der Waals surface area contributed by atoms with E-state index in [4.69, 9.17) is 4.52 Å². The summed E-state index contributed by atoms with van der Waals surface area (Å²) < 4.78 is 18.3. The van der Waals surface area contributed by atoms with E-state index in [1.807, 2.05) is 31.2 Å². The molecule has 122 valence electrons. The average molecular weight is 325 g/mol. The van der Waals surface area contributed by atoms with Gasteiger partial charge in [-0.15, -0.1) is 0 Å². The number of anilines is 1. The van der Waals surface area contributed by atoms with Gasteiger partial charge in [-0.1, -0.05) is 35.5 Å². The molecule has 0 saturated carbocycles. The van der Waals surface area contributed by atoms with Gasteiger partial charge in [0.1, 0.15) is 5.82 Å². The van der Waals surface area contributed by atoms with Crippen molar-refractivity contribution in [2.24, 2.45) is 0 Å². The van der Waals surface area contributed by atoms with Gasteiger partial charge in [0.25, 0.3) is 0 Å². The molecule has 0 atom stereocenters. The van der Waals surface area contributed by atoms with Crippen LogP contribution in [-0.4, -0.2) is 16.0 Å². The first-order chi connectivity index (χ1) is 11.6. The molecule has 0 aliphatic heterocycles. The maximum atomic E-state index is 13.2. The van der Waals surface area contributed by atoms with Crippen LogP contribution in [0.5, 0.6) is 0 Å². The quantitative estimate of drug-likeness (QED) is 0.775. The van der Waals surface area contributed by atoms with Gasteiger partial charge in [-0.2, -0.15) is 4.98 Å². The van der Waals surface area contributed by atoms with Crippen molar-refractivity contribution in [1.29, 1.82) is 0 Å². The van der Waals surface area contributed by atoms with E-state index >= 15 is 0 Å². The molecular formula is C18H16FN3O2. The number of hydrogen-bond donors (Lipinski definition) is 1. The summed E-state index contributed by atoms with van der Waals surface area (Å²) in [5.74, 6) is 0.157. The Hall–Kier alpha value is -3.02. The first-order valence-corrected chi connectivity index (χ1v) is 7.56. The second-order valence-electron chi connectivity index (χ2n) is 5.39. The van der Waals surface area contributed by atoms with Crippen molar-refractivity contribution in [3.63, 3.8) is 0 Å². The van der Waals surface area contributed by atoms with Gasteiger partial charge in [-0.25, -0.2) is 4.39 Å². The van der Waals surface area contributed by atoms with Gasteiger partial charge in [0.05, 0.1) is 0 Å². The van der Waals surface area contributed by atoms with E-state index in [-0.39, 0.29) is 18.1 Å². The minimum absolute atomic E-state index is 0.130. The molecule has 0 fully saturated rings. The summed E-state index contributed by atoms with van der Waals surface area (Å²) in [6.07, 6.45) is 0.541. The van der Waals surface area contributed by atoms with E-state index in [1.165, 1.54) is 12.1 Å². The molecule has 0 radical (unpaired) electrons. The first-order valence-electron chi connectivity index (χ1n) is 7.56. The molecule has 3 aromatic rings. The zero-order valence-electron chi connectivity index (χ0n) is 13.1. The second kappa shape index (κ2) is 7.04. The smallest absolute Gasteiger partial charge is 0.227 e. The summed E-state index contributed by atoms with van der Waals surface area (Å²) in [6.45, 7) is 1.93. The molecule has 0 bridgehead atoms. The minimum Gasteiger partial charge on any atom is -0.339 e. The SMILES string of the molecule is Cc1ccccc1NC(=O)CCc1nc(-c2cccc(F)c2)no1. The Balaban J connectivity index is 1.59. The van der Waals surface area contributed by atoms with E-state index in [9.17, 15) is 9.18 Å². The summed E-state index contributed by atoms with van der Waals surface area (Å²) in [7, 11) is 0. The van der Waals surface area contributed by atoms with Crippen LogP contribution < -0.4 is 5.32 Å². The maximum Gasteiger partial charge on any atom is 0.227 e. The van der Waals surface area contributed by atoms with Gasteiger partial charge in [0, 0.05) is 24.1 Å². The number of para-hydroxylation sites is 1. The number of amides is 1. The highest BCUT2D eigenvalue weighted by Gasteiger charge is 2.11. The third kappa shape index (κ3) is 3.84. The van der Waals surface area contributed by atoms with Crippen LogP contribution in [0.2, 0.25) is 0 Å². The van der Waals surface area contributed by atoms with Crippen molar-refractivity contribution in [1.82, 2.24) is 10.1 Å². The van der Waals surface area contributed by atoms with Crippen LogP contribution in [0, 0.1) is 12.7 Å². The number of carbonyl (C=O) groups is 1. The molecule has 5 nitrogen and oxygen atoms in total. The minimum atomic E-state index is -0.364. The standard InChI is InChI=1S/C18H16FN3O2/c1-12-5-2-3-8-15(12)20-16(23)9-10-17-21-18(22-24-17)13-6-4-7-14(19)11-13/h2-8,11H,9-10H2,1H3,(H,20,23). The van der Waals surface area contributed by atoms with Crippen LogP contribution >= 0.6 is 0 Å². The Bertz CT molecular complexity index is 861. The first kappa shape index (κ1) is 15.9. The van der Waals surface area contributed by atoms with Crippen LogP contribution in [-0.2, 0) is 11.2 Å². The predicted octanol–water partition coefficient (Wildman–Crippen LogP) is 3.76. The van der Waals surface area contributed by atoms with E-state index < -0.39 is 0 Å². The van der Waals surface area contributed by atoms with Crippen molar-refractivity contribution in [3.8, 4) is 11.4 Å². The lowest BCUT2D eigenvalue weighted by atomic mass is 10.2. The molecule has 0 unspecified atom stereocenters. The van der Waals surface area contributed by atoms with E-state index in [1.54, 1.807) is 12.1 Å². The number of aromatic nitrogens is 2. The molecule has 1 heterocycles. The molecule has 0 aliphatic carbocycles. The third-order valence-electron chi connectivity index (χ3n) is 3.54. The number of carbonyl (C=O) groups excluding carboxylic acids is 1. The number of rotatable bonds is 5. The monoisotopic (exact) mass is 325 g/mol. The Morgan fingerprint density at radius 2 is 2.04 bits per heavy atom. The highest BCUT2D eigenvalue weighted by atomic mass is 19.1. The van der Waals surface area contributed by atoms with Crippen LogP contribution in [0.25, 0.3) is 11.4 Å². The van der Waals surface area contributed by atoms with Crippen LogP contribution in [0.3, 0.4) is 0 Å². The Morgan fingerprint density at radius 1 is 1.21 bits per heavy atom. The highest BCUT2D eigenvalue weighted by Crippen LogP contribution is 2.18. The summed E-state index contributed by atoms with van der Waals surface area (Å²) in [5.41, 5.74) is 2.32. The van der Waals surface area contributed by atoms with E-state index in [2.05, 4.69) is 15.5 Å². The van der Waals surface area contributed by atoms with Crippen LogP contribution in [0.4, 0.5) is 10.1 Å². The molecule has 24 heavy (non-hydrogen) atoms. The number of aryl methyl sites for hydroxylation is 2. The van der Waals surface area contributed by atoms with E-state index in [0.29, 0.717) is 23.7 Å². The maximum absolute atomic E-state index is 13.2. The van der Waals surface area contributed by atoms with Gasteiger partial charge in [-0.3, -0.25) is 4.79 Å². The molecule has 6 heteroatoms. The number of nitrogens with zero attached hydrogens (tertiary/aromatic N) is 2. The highest BCUT2D eigenvalue weighted by molar-refractivity contribution is 5.91. The number of benzene rings is 2. The zero-order valence-corrected chi connectivity index (χ0v) is 13.1. The van der Waals surface area contributed by atoms with E-state index in [0.717, 1.165) is 11.3 Å². The van der Waals surface area contributed by atoms with Gasteiger partial charge in [0.2, 0.25) is 17.6 Å². The molecule has 3 rings (SSSR count). The van der Waals surface area contributed by atoms with Crippen molar-refractivity contribution in [2.75, 3.05) is 5.32 Å². The Kier molecular flexibility index (Phi) is 4.65. The topological polar surface area (TPSA) is 68.0 Å². The molecular weight excluding hydrogens is 309 g/mol. The molecule has 2 aromatic carbocycles. The molecule has 0 spiro atoms. The summed E-state index contributed by atoms with van der Waals surface area (Å²) in [6, 6.07) is 13.5. The summed E-state index contributed by atoms with van der Waals surface area (Å²) >= 11 is 0. The Morgan fingerprint density at radius 3 is 2.83 bits per heavy atom. The predicted molar refractivity (Wildman–Crippen MR) is 87.8 cm³/mol. The lowest BCUT2D eigenvalue weighted by molar-refractivity contribution is -0.116.